The minimum Gasteiger partial charge on any atom is -0.491 e. The lowest BCUT2D eigenvalue weighted by Crippen LogP contribution is -2.31. The van der Waals surface area contributed by atoms with Crippen LogP contribution in [0.2, 0.25) is 0 Å². The second-order valence-corrected chi connectivity index (χ2v) is 5.78. The molecule has 0 radical (unpaired) electrons. The number of benzene rings is 1. The fraction of sp³-hybridized carbons (Fsp3) is 0.375. The van der Waals surface area contributed by atoms with Crippen LogP contribution in [0.25, 0.3) is 0 Å². The van der Waals surface area contributed by atoms with Crippen molar-refractivity contribution in [2.45, 2.75) is 26.5 Å². The second-order valence-electron chi connectivity index (χ2n) is 5.00. The van der Waals surface area contributed by atoms with Gasteiger partial charge in [-0.2, -0.15) is 11.3 Å². The number of hydrogen-bond donors (Lipinski definition) is 2. The topological polar surface area (TPSA) is 41.5 Å². The number of aliphatic hydroxyl groups excluding tert-OH is 1. The molecule has 1 aromatic heterocycles. The van der Waals surface area contributed by atoms with Crippen molar-refractivity contribution in [2.75, 3.05) is 13.2 Å². The van der Waals surface area contributed by atoms with Crippen molar-refractivity contribution in [3.63, 3.8) is 0 Å². The Balaban J connectivity index is 1.71. The number of thiophene rings is 1. The summed E-state index contributed by atoms with van der Waals surface area (Å²) in [6.07, 6.45) is -0.506. The summed E-state index contributed by atoms with van der Waals surface area (Å²) in [5, 5.41) is 17.3. The molecule has 0 fully saturated rings. The Labute approximate surface area is 124 Å². The van der Waals surface area contributed by atoms with Gasteiger partial charge in [0.05, 0.1) is 0 Å². The summed E-state index contributed by atoms with van der Waals surface area (Å²) < 4.78 is 5.68. The molecule has 0 aliphatic carbocycles. The molecule has 0 saturated carbocycles. The molecule has 2 N–H and O–H groups in total. The quantitative estimate of drug-likeness (QED) is 0.824. The maximum atomic E-state index is 9.91. The molecule has 4 heteroatoms. The summed E-state index contributed by atoms with van der Waals surface area (Å²) in [5.74, 6) is 0.849. The maximum Gasteiger partial charge on any atom is 0.122 e. The van der Waals surface area contributed by atoms with Crippen molar-refractivity contribution in [1.29, 1.82) is 0 Å². The van der Waals surface area contributed by atoms with Crippen LogP contribution in [0, 0.1) is 13.8 Å². The van der Waals surface area contributed by atoms with Crippen molar-refractivity contribution in [1.82, 2.24) is 5.32 Å². The van der Waals surface area contributed by atoms with Gasteiger partial charge in [-0.1, -0.05) is 12.1 Å². The van der Waals surface area contributed by atoms with Crippen LogP contribution in [0.15, 0.2) is 35.0 Å². The van der Waals surface area contributed by atoms with Gasteiger partial charge in [-0.15, -0.1) is 0 Å². The molecular formula is C16H21NO2S. The molecule has 0 aliphatic rings. The molecule has 3 nitrogen and oxygen atoms in total. The maximum absolute atomic E-state index is 9.91. The van der Waals surface area contributed by atoms with E-state index in [1.807, 2.05) is 26.0 Å². The first-order valence-corrected chi connectivity index (χ1v) is 7.69. The van der Waals surface area contributed by atoms with Gasteiger partial charge >= 0.3 is 0 Å². The highest BCUT2D eigenvalue weighted by Crippen LogP contribution is 2.19. The predicted octanol–water partition coefficient (Wildman–Crippen LogP) is 2.89. The van der Waals surface area contributed by atoms with Crippen LogP contribution in [0.3, 0.4) is 0 Å². The first kappa shape index (κ1) is 15.0. The molecule has 0 bridgehead atoms. The van der Waals surface area contributed by atoms with E-state index in [9.17, 15) is 5.11 Å². The molecule has 0 saturated heterocycles. The zero-order chi connectivity index (χ0) is 14.4. The standard InChI is InChI=1S/C16H21NO2S/c1-12-3-4-13(2)16(7-12)19-10-15(18)9-17-8-14-5-6-20-11-14/h3-7,11,15,17-18H,8-10H2,1-2H3. The molecule has 0 amide bonds. The third-order valence-electron chi connectivity index (χ3n) is 3.06. The summed E-state index contributed by atoms with van der Waals surface area (Å²) in [6, 6.07) is 8.17. The number of ether oxygens (including phenoxy) is 1. The van der Waals surface area contributed by atoms with Crippen LogP contribution < -0.4 is 10.1 Å². The minimum absolute atomic E-state index is 0.306. The lowest BCUT2D eigenvalue weighted by molar-refractivity contribution is 0.106. The fourth-order valence-corrected chi connectivity index (χ4v) is 2.55. The zero-order valence-corrected chi connectivity index (χ0v) is 12.7. The third-order valence-corrected chi connectivity index (χ3v) is 3.80. The Morgan fingerprint density at radius 3 is 2.90 bits per heavy atom. The molecule has 0 spiro atoms. The van der Waals surface area contributed by atoms with Crippen molar-refractivity contribution >= 4 is 11.3 Å². The smallest absolute Gasteiger partial charge is 0.122 e. The van der Waals surface area contributed by atoms with Crippen LogP contribution >= 0.6 is 11.3 Å². The average molecular weight is 291 g/mol. The Morgan fingerprint density at radius 2 is 2.15 bits per heavy atom. The van der Waals surface area contributed by atoms with E-state index in [1.54, 1.807) is 11.3 Å². The zero-order valence-electron chi connectivity index (χ0n) is 11.9. The highest BCUT2D eigenvalue weighted by molar-refractivity contribution is 7.07. The molecule has 1 unspecified atom stereocenters. The van der Waals surface area contributed by atoms with Gasteiger partial charge in [-0.25, -0.2) is 0 Å². The van der Waals surface area contributed by atoms with E-state index in [1.165, 1.54) is 5.56 Å². The average Bonchev–Trinajstić information content (AvgIpc) is 2.93. The summed E-state index contributed by atoms with van der Waals surface area (Å²) >= 11 is 1.68. The first-order chi connectivity index (χ1) is 9.65. The molecule has 1 heterocycles. The molecule has 0 aliphatic heterocycles. The van der Waals surface area contributed by atoms with Gasteiger partial charge in [0.25, 0.3) is 0 Å². The van der Waals surface area contributed by atoms with E-state index in [-0.39, 0.29) is 0 Å². The Hall–Kier alpha value is -1.36. The number of aryl methyl sites for hydroxylation is 2. The molecule has 2 aromatic rings. The van der Waals surface area contributed by atoms with Gasteiger partial charge in [-0.05, 0) is 53.4 Å². The molecule has 2 rings (SSSR count). The molecular weight excluding hydrogens is 270 g/mol. The minimum atomic E-state index is -0.506. The summed E-state index contributed by atoms with van der Waals surface area (Å²) in [6.45, 7) is 5.66. The van der Waals surface area contributed by atoms with Crippen LogP contribution in [-0.4, -0.2) is 24.4 Å². The van der Waals surface area contributed by atoms with Gasteiger partial charge in [0, 0.05) is 13.1 Å². The third kappa shape index (κ3) is 4.63. The van der Waals surface area contributed by atoms with E-state index in [0.29, 0.717) is 13.2 Å². The molecule has 1 atom stereocenters. The van der Waals surface area contributed by atoms with Gasteiger partial charge in [0.1, 0.15) is 18.5 Å². The van der Waals surface area contributed by atoms with Crippen LogP contribution in [0.5, 0.6) is 5.75 Å². The van der Waals surface area contributed by atoms with Crippen LogP contribution in [0.1, 0.15) is 16.7 Å². The van der Waals surface area contributed by atoms with E-state index < -0.39 is 6.10 Å². The first-order valence-electron chi connectivity index (χ1n) is 6.75. The van der Waals surface area contributed by atoms with Gasteiger partial charge in [0.2, 0.25) is 0 Å². The van der Waals surface area contributed by atoms with Crippen molar-refractivity contribution in [3.8, 4) is 5.75 Å². The summed E-state index contributed by atoms with van der Waals surface area (Å²) in [7, 11) is 0. The Bertz CT molecular complexity index is 525. The van der Waals surface area contributed by atoms with Crippen molar-refractivity contribution < 1.29 is 9.84 Å². The Morgan fingerprint density at radius 1 is 1.30 bits per heavy atom. The largest absolute Gasteiger partial charge is 0.491 e. The summed E-state index contributed by atoms with van der Waals surface area (Å²) in [4.78, 5) is 0. The van der Waals surface area contributed by atoms with E-state index >= 15 is 0 Å². The molecule has 108 valence electrons. The van der Waals surface area contributed by atoms with Gasteiger partial charge in [0.15, 0.2) is 0 Å². The summed E-state index contributed by atoms with van der Waals surface area (Å²) in [5.41, 5.74) is 3.50. The highest BCUT2D eigenvalue weighted by Gasteiger charge is 2.07. The monoisotopic (exact) mass is 291 g/mol. The normalized spacial score (nSPS) is 12.3. The number of hydrogen-bond acceptors (Lipinski definition) is 4. The lowest BCUT2D eigenvalue weighted by Gasteiger charge is -2.14. The van der Waals surface area contributed by atoms with Crippen molar-refractivity contribution in [2.24, 2.45) is 0 Å². The molecule has 1 aromatic carbocycles. The predicted molar refractivity (Wildman–Crippen MR) is 83.4 cm³/mol. The highest BCUT2D eigenvalue weighted by atomic mass is 32.1. The van der Waals surface area contributed by atoms with Crippen LogP contribution in [0.4, 0.5) is 0 Å². The number of rotatable bonds is 7. The number of aliphatic hydroxyl groups is 1. The van der Waals surface area contributed by atoms with Crippen LogP contribution in [-0.2, 0) is 6.54 Å². The lowest BCUT2D eigenvalue weighted by atomic mass is 10.1. The SMILES string of the molecule is Cc1ccc(C)c(OCC(O)CNCc2ccsc2)c1. The van der Waals surface area contributed by atoms with E-state index in [4.69, 9.17) is 4.74 Å². The van der Waals surface area contributed by atoms with Gasteiger partial charge in [-0.3, -0.25) is 0 Å². The fourth-order valence-electron chi connectivity index (χ4n) is 1.88. The van der Waals surface area contributed by atoms with Crippen molar-refractivity contribution in [3.05, 3.63) is 51.7 Å². The second kappa shape index (κ2) is 7.43. The Kier molecular flexibility index (Phi) is 5.59. The van der Waals surface area contributed by atoms with Gasteiger partial charge < -0.3 is 15.2 Å². The molecule has 20 heavy (non-hydrogen) atoms. The van der Waals surface area contributed by atoms with E-state index in [2.05, 4.69) is 28.2 Å². The van der Waals surface area contributed by atoms with E-state index in [0.717, 1.165) is 23.4 Å². The number of nitrogens with one attached hydrogen (secondary N) is 1.